The number of anilines is 1. The van der Waals surface area contributed by atoms with Crippen molar-refractivity contribution in [2.24, 2.45) is 0 Å². The van der Waals surface area contributed by atoms with Crippen molar-refractivity contribution < 1.29 is 28.9 Å². The number of carboxylic acids is 1. The first-order valence-electron chi connectivity index (χ1n) is 12.6. The van der Waals surface area contributed by atoms with Crippen LogP contribution in [0.25, 0.3) is 33.4 Å². The summed E-state index contributed by atoms with van der Waals surface area (Å²) in [5.74, 6) is -0.553. The number of benzene rings is 3. The Balaban J connectivity index is 1.61. The first kappa shape index (κ1) is 23.7. The predicted octanol–water partition coefficient (Wildman–Crippen LogP) is 1.70. The third-order valence-electron chi connectivity index (χ3n) is 7.22. The van der Waals surface area contributed by atoms with Gasteiger partial charge in [0.2, 0.25) is 5.36 Å². The Labute approximate surface area is 213 Å². The number of nitrogens with zero attached hydrogens (tertiary/aromatic N) is 2. The molecule has 1 N–H and O–H groups in total. The Hall–Kier alpha value is -3.72. The second-order valence-electron chi connectivity index (χ2n) is 9.35. The van der Waals surface area contributed by atoms with Gasteiger partial charge in [-0.1, -0.05) is 12.1 Å². The van der Waals surface area contributed by atoms with Crippen molar-refractivity contribution in [1.82, 2.24) is 4.58 Å². The third-order valence-corrected chi connectivity index (χ3v) is 7.22. The van der Waals surface area contributed by atoms with Crippen LogP contribution in [-0.2, 0) is 16.1 Å². The normalized spacial score (nSPS) is 16.5. The van der Waals surface area contributed by atoms with Crippen molar-refractivity contribution in [1.29, 1.82) is 0 Å². The van der Waals surface area contributed by atoms with Gasteiger partial charge >= 0.3 is 0 Å². The highest BCUT2D eigenvalue weighted by Crippen LogP contribution is 2.42. The number of carbonyl (C=O) groups excluding carboxylic acids is 1. The van der Waals surface area contributed by atoms with Gasteiger partial charge in [-0.25, -0.2) is 4.58 Å². The second-order valence-corrected chi connectivity index (χ2v) is 9.35. The first-order chi connectivity index (χ1) is 18.1. The summed E-state index contributed by atoms with van der Waals surface area (Å²) in [7, 11) is 0. The van der Waals surface area contributed by atoms with Gasteiger partial charge in [0.05, 0.1) is 31.9 Å². The van der Waals surface area contributed by atoms with Crippen LogP contribution in [0.3, 0.4) is 0 Å². The van der Waals surface area contributed by atoms with Gasteiger partial charge in [-0.15, -0.1) is 0 Å². The van der Waals surface area contributed by atoms with Crippen LogP contribution in [0.5, 0.6) is 0 Å². The Kier molecular flexibility index (Phi) is 6.38. The van der Waals surface area contributed by atoms with E-state index >= 15 is 0 Å². The summed E-state index contributed by atoms with van der Waals surface area (Å²) in [6.45, 7) is 5.69. The Morgan fingerprint density at radius 2 is 1.68 bits per heavy atom. The van der Waals surface area contributed by atoms with Crippen LogP contribution in [0.2, 0.25) is 0 Å². The molecule has 0 unspecified atom stereocenters. The van der Waals surface area contributed by atoms with E-state index in [1.807, 2.05) is 12.1 Å². The lowest BCUT2D eigenvalue weighted by molar-refractivity contribution is -0.255. The van der Waals surface area contributed by atoms with Crippen LogP contribution < -0.4 is 19.9 Å². The fraction of sp³-hybridized carbons (Fsp3) is 0.310. The number of hydrogen-bond donors (Lipinski definition) is 1. The number of fused-ring (bicyclic) bond motifs is 2. The van der Waals surface area contributed by atoms with Gasteiger partial charge in [-0.3, -0.25) is 0 Å². The van der Waals surface area contributed by atoms with Gasteiger partial charge in [0.15, 0.2) is 13.1 Å². The molecule has 4 aliphatic rings. The van der Waals surface area contributed by atoms with Crippen LogP contribution >= 0.6 is 0 Å². The molecule has 3 heterocycles. The minimum Gasteiger partial charge on any atom is -0.545 e. The lowest BCUT2D eigenvalue weighted by atomic mass is 9.90. The molecule has 0 aromatic heterocycles. The molecule has 0 atom stereocenters. The van der Waals surface area contributed by atoms with Gasteiger partial charge < -0.3 is 33.8 Å². The van der Waals surface area contributed by atoms with Gasteiger partial charge in [-0.05, 0) is 41.0 Å². The van der Waals surface area contributed by atoms with Crippen LogP contribution in [0.15, 0.2) is 59.0 Å². The number of carboxylic acid groups (broad SMARTS) is 1. The Morgan fingerprint density at radius 3 is 2.43 bits per heavy atom. The molecule has 37 heavy (non-hydrogen) atoms. The Morgan fingerprint density at radius 1 is 0.919 bits per heavy atom. The highest BCUT2D eigenvalue weighted by Gasteiger charge is 2.22. The second kappa shape index (κ2) is 9.97. The average Bonchev–Trinajstić information content (AvgIpc) is 2.96. The number of morpholine rings is 2. The minimum absolute atomic E-state index is 0.0336. The fourth-order valence-electron chi connectivity index (χ4n) is 5.29. The van der Waals surface area contributed by atoms with Crippen molar-refractivity contribution in [2.45, 2.75) is 6.61 Å². The van der Waals surface area contributed by atoms with E-state index < -0.39 is 5.97 Å². The molecule has 0 spiro atoms. The zero-order valence-electron chi connectivity index (χ0n) is 20.4. The molecule has 6 rings (SSSR count). The van der Waals surface area contributed by atoms with Crippen LogP contribution in [0.1, 0.15) is 15.9 Å². The zero-order chi connectivity index (χ0) is 25.4. The number of carbonyl (C=O) groups is 1. The van der Waals surface area contributed by atoms with E-state index in [2.05, 4.69) is 33.7 Å². The SMILES string of the molecule is O=C([O-])c1ccc(-c2c3ccc(=[N+]4CCOCC4)cc-3oc3cc(N4CCOCC4)ccc23)c(CO)c1. The van der Waals surface area contributed by atoms with Gasteiger partial charge in [0.25, 0.3) is 0 Å². The van der Waals surface area contributed by atoms with Crippen molar-refractivity contribution in [2.75, 3.05) is 57.5 Å². The number of aromatic carboxylic acids is 1. The average molecular weight is 501 g/mol. The monoisotopic (exact) mass is 500 g/mol. The molecule has 2 aromatic rings. The summed E-state index contributed by atoms with van der Waals surface area (Å²) in [4.78, 5) is 13.8. The summed E-state index contributed by atoms with van der Waals surface area (Å²) >= 11 is 0. The Bertz CT molecular complexity index is 1510. The first-order valence-corrected chi connectivity index (χ1v) is 12.6. The van der Waals surface area contributed by atoms with Gasteiger partial charge in [0.1, 0.15) is 24.6 Å². The summed E-state index contributed by atoms with van der Waals surface area (Å²) in [5, 5.41) is 23.6. The number of rotatable bonds is 4. The molecule has 0 radical (unpaired) electrons. The molecular formula is C29H28N2O6. The third kappa shape index (κ3) is 4.48. The quantitative estimate of drug-likeness (QED) is 0.336. The lowest BCUT2D eigenvalue weighted by Crippen LogP contribution is -2.39. The molecule has 1 aliphatic carbocycles. The van der Waals surface area contributed by atoms with Crippen LogP contribution in [0, 0.1) is 0 Å². The summed E-state index contributed by atoms with van der Waals surface area (Å²) in [6.07, 6.45) is 0. The minimum atomic E-state index is -1.27. The highest BCUT2D eigenvalue weighted by atomic mass is 16.5. The van der Waals surface area contributed by atoms with E-state index in [1.54, 1.807) is 6.07 Å². The van der Waals surface area contributed by atoms with Crippen LogP contribution in [-0.4, -0.2) is 63.7 Å². The van der Waals surface area contributed by atoms with Gasteiger partial charge in [0, 0.05) is 47.4 Å². The molecule has 0 amide bonds. The van der Waals surface area contributed by atoms with E-state index in [9.17, 15) is 15.0 Å². The van der Waals surface area contributed by atoms with E-state index in [0.29, 0.717) is 32.0 Å². The summed E-state index contributed by atoms with van der Waals surface area (Å²) < 4.78 is 19.8. The van der Waals surface area contributed by atoms with E-state index in [4.69, 9.17) is 13.9 Å². The maximum atomic E-state index is 11.5. The number of ether oxygens (including phenoxy) is 2. The fourth-order valence-corrected chi connectivity index (χ4v) is 5.29. The molecule has 2 aromatic carbocycles. The smallest absolute Gasteiger partial charge is 0.203 e. The summed E-state index contributed by atoms with van der Waals surface area (Å²) in [6, 6.07) is 17.1. The number of hydrogen-bond acceptors (Lipinski definition) is 7. The molecule has 8 heteroatoms. The predicted molar refractivity (Wildman–Crippen MR) is 137 cm³/mol. The van der Waals surface area contributed by atoms with E-state index in [1.165, 1.54) is 12.1 Å². The molecular weight excluding hydrogens is 472 g/mol. The molecule has 0 bridgehead atoms. The van der Waals surface area contributed by atoms with Crippen molar-refractivity contribution >= 4 is 22.6 Å². The standard InChI is InChI=1S/C29H28N2O6/c32-18-20-15-19(29(33)34)1-4-23(20)28-24-5-2-21(30-7-11-35-12-8-30)16-26(24)37-27-17-22(3-6-25(27)28)31-9-13-36-14-10-31/h1-6,15-17,32H,7-14,18H2. The molecule has 2 saturated heterocycles. The molecule has 3 aliphatic heterocycles. The summed E-state index contributed by atoms with van der Waals surface area (Å²) in [5.41, 5.74) is 4.88. The largest absolute Gasteiger partial charge is 0.545 e. The lowest BCUT2D eigenvalue weighted by Gasteiger charge is -2.29. The van der Waals surface area contributed by atoms with Crippen LogP contribution in [0.4, 0.5) is 5.69 Å². The van der Waals surface area contributed by atoms with Crippen molar-refractivity contribution in [3.05, 3.63) is 71.1 Å². The number of aliphatic hydroxyl groups is 1. The topological polar surface area (TPSA) is 98.2 Å². The van der Waals surface area contributed by atoms with Crippen molar-refractivity contribution in [3.8, 4) is 22.5 Å². The zero-order valence-corrected chi connectivity index (χ0v) is 20.4. The molecule has 0 saturated carbocycles. The molecule has 190 valence electrons. The van der Waals surface area contributed by atoms with E-state index in [0.717, 1.165) is 70.6 Å². The molecule has 2 fully saturated rings. The van der Waals surface area contributed by atoms with Gasteiger partial charge in [-0.2, -0.15) is 0 Å². The highest BCUT2D eigenvalue weighted by molar-refractivity contribution is 6.03. The molecule has 8 nitrogen and oxygen atoms in total. The number of aliphatic hydroxyl groups excluding tert-OH is 1. The maximum absolute atomic E-state index is 11.5. The maximum Gasteiger partial charge on any atom is 0.203 e. The van der Waals surface area contributed by atoms with E-state index in [-0.39, 0.29) is 12.2 Å². The van der Waals surface area contributed by atoms with Crippen molar-refractivity contribution in [3.63, 3.8) is 0 Å².